The van der Waals surface area contributed by atoms with Gasteiger partial charge in [0, 0.05) is 0 Å². The van der Waals surface area contributed by atoms with E-state index >= 15 is 0 Å². The van der Waals surface area contributed by atoms with Gasteiger partial charge in [0.15, 0.2) is 5.60 Å². The summed E-state index contributed by atoms with van der Waals surface area (Å²) in [6.45, 7) is 10.0. The van der Waals surface area contributed by atoms with Gasteiger partial charge in [-0.3, -0.25) is 0 Å². The van der Waals surface area contributed by atoms with E-state index < -0.39 is 6.16 Å². The second-order valence-corrected chi connectivity index (χ2v) is 8.57. The SMILES string of the molecule is CC(C)C1CC2(CNC(=O)O2)C1.CC(C)C1CC2(COC(=O)O2)C1. The maximum Gasteiger partial charge on any atom is 0.509 e. The van der Waals surface area contributed by atoms with Crippen LogP contribution in [0.2, 0.25) is 0 Å². The second-order valence-electron chi connectivity index (χ2n) is 8.57. The topological polar surface area (TPSA) is 73.9 Å². The molecule has 4 rings (SSSR count). The van der Waals surface area contributed by atoms with Gasteiger partial charge in [-0.15, -0.1) is 0 Å². The Bertz CT molecular complexity index is 458. The highest BCUT2D eigenvalue weighted by Gasteiger charge is 2.53. The smallest absolute Gasteiger partial charge is 0.441 e. The van der Waals surface area contributed by atoms with Crippen LogP contribution in [0.3, 0.4) is 0 Å². The molecule has 0 bridgehead atoms. The van der Waals surface area contributed by atoms with Crippen molar-refractivity contribution in [2.75, 3.05) is 13.2 Å². The van der Waals surface area contributed by atoms with Gasteiger partial charge in [0.05, 0.1) is 6.54 Å². The molecule has 2 spiro atoms. The van der Waals surface area contributed by atoms with Crippen molar-refractivity contribution in [3.63, 3.8) is 0 Å². The van der Waals surface area contributed by atoms with Crippen molar-refractivity contribution in [1.29, 1.82) is 0 Å². The highest BCUT2D eigenvalue weighted by Crippen LogP contribution is 2.47. The number of rotatable bonds is 2. The number of carbonyl (C=O) groups is 2. The molecule has 6 nitrogen and oxygen atoms in total. The van der Waals surface area contributed by atoms with Gasteiger partial charge in [0.2, 0.25) is 0 Å². The van der Waals surface area contributed by atoms with Gasteiger partial charge >= 0.3 is 12.2 Å². The largest absolute Gasteiger partial charge is 0.509 e. The van der Waals surface area contributed by atoms with Gasteiger partial charge in [-0.25, -0.2) is 9.59 Å². The first-order chi connectivity index (χ1) is 11.2. The molecular weight excluding hydrogens is 310 g/mol. The van der Waals surface area contributed by atoms with Crippen LogP contribution in [0.1, 0.15) is 53.4 Å². The van der Waals surface area contributed by atoms with E-state index in [0.29, 0.717) is 18.4 Å². The van der Waals surface area contributed by atoms with E-state index in [1.165, 1.54) is 0 Å². The van der Waals surface area contributed by atoms with Crippen LogP contribution in [0.25, 0.3) is 0 Å². The van der Waals surface area contributed by atoms with Gasteiger partial charge < -0.3 is 19.5 Å². The third-order valence-electron chi connectivity index (χ3n) is 6.04. The Morgan fingerprint density at radius 2 is 1.46 bits per heavy atom. The summed E-state index contributed by atoms with van der Waals surface area (Å²) in [6, 6.07) is 0. The van der Waals surface area contributed by atoms with Crippen molar-refractivity contribution >= 4 is 12.2 Å². The fraction of sp³-hybridized carbons (Fsp3) is 0.889. The molecule has 2 aliphatic heterocycles. The van der Waals surface area contributed by atoms with Crippen LogP contribution in [0, 0.1) is 23.7 Å². The number of amides is 1. The molecule has 0 unspecified atom stereocenters. The van der Waals surface area contributed by atoms with E-state index in [2.05, 4.69) is 33.0 Å². The predicted molar refractivity (Wildman–Crippen MR) is 87.5 cm³/mol. The number of alkyl carbamates (subject to hydrolysis) is 1. The summed E-state index contributed by atoms with van der Waals surface area (Å²) in [5.74, 6) is 2.86. The number of nitrogens with one attached hydrogen (secondary N) is 1. The number of ether oxygens (including phenoxy) is 3. The molecule has 0 aromatic carbocycles. The van der Waals surface area contributed by atoms with E-state index in [1.807, 2.05) is 0 Å². The molecule has 0 atom stereocenters. The molecule has 2 saturated carbocycles. The quantitative estimate of drug-likeness (QED) is 0.780. The Labute approximate surface area is 143 Å². The third kappa shape index (κ3) is 3.33. The van der Waals surface area contributed by atoms with Gasteiger partial charge in [0.25, 0.3) is 0 Å². The van der Waals surface area contributed by atoms with E-state index in [4.69, 9.17) is 14.2 Å². The van der Waals surface area contributed by atoms with Crippen molar-refractivity contribution in [3.8, 4) is 0 Å². The number of carbonyl (C=O) groups excluding carboxylic acids is 2. The maximum atomic E-state index is 10.8. The molecule has 1 N–H and O–H groups in total. The van der Waals surface area contributed by atoms with Gasteiger partial charge in [-0.2, -0.15) is 0 Å². The first kappa shape index (κ1) is 17.4. The van der Waals surface area contributed by atoms with Crippen molar-refractivity contribution in [3.05, 3.63) is 0 Å². The first-order valence-corrected chi connectivity index (χ1v) is 9.05. The zero-order valence-corrected chi connectivity index (χ0v) is 15.1. The summed E-state index contributed by atoms with van der Waals surface area (Å²) in [7, 11) is 0. The Morgan fingerprint density at radius 1 is 0.917 bits per heavy atom. The van der Waals surface area contributed by atoms with E-state index in [0.717, 1.165) is 44.1 Å². The maximum absolute atomic E-state index is 10.8. The zero-order chi connectivity index (χ0) is 17.5. The molecular formula is C18H29NO5. The second kappa shape index (κ2) is 6.12. The monoisotopic (exact) mass is 339 g/mol. The van der Waals surface area contributed by atoms with Gasteiger partial charge in [-0.05, 0) is 49.4 Å². The highest BCUT2D eigenvalue weighted by atomic mass is 16.8. The summed E-state index contributed by atoms with van der Waals surface area (Å²) in [4.78, 5) is 21.5. The molecule has 4 aliphatic rings. The molecule has 2 heterocycles. The van der Waals surface area contributed by atoms with E-state index in [9.17, 15) is 9.59 Å². The lowest BCUT2D eigenvalue weighted by Crippen LogP contribution is -2.48. The summed E-state index contributed by atoms with van der Waals surface area (Å²) < 4.78 is 15.1. The van der Waals surface area contributed by atoms with Crippen LogP contribution >= 0.6 is 0 Å². The normalized spacial score (nSPS) is 39.6. The van der Waals surface area contributed by atoms with Gasteiger partial charge in [-0.1, -0.05) is 27.7 Å². The lowest BCUT2D eigenvalue weighted by atomic mass is 9.66. The molecule has 24 heavy (non-hydrogen) atoms. The molecule has 2 aliphatic carbocycles. The van der Waals surface area contributed by atoms with Crippen LogP contribution in [-0.4, -0.2) is 36.6 Å². The Kier molecular flexibility index (Phi) is 4.43. The standard InChI is InChI=1S/C9H15NO2.C9H14O3/c1-6(2)7-3-9(4-7)5-10-8(11)12-9;1-6(2)7-3-9(4-7)5-11-8(10)12-9/h6-7H,3-5H2,1-2H3,(H,10,11);6-7H,3-5H2,1-2H3. The van der Waals surface area contributed by atoms with Crippen molar-refractivity contribution < 1.29 is 23.8 Å². The molecule has 136 valence electrons. The fourth-order valence-corrected chi connectivity index (χ4v) is 4.09. The lowest BCUT2D eigenvalue weighted by molar-refractivity contribution is -0.0626. The lowest BCUT2D eigenvalue weighted by Gasteiger charge is -2.44. The minimum Gasteiger partial charge on any atom is -0.441 e. The Morgan fingerprint density at radius 3 is 1.83 bits per heavy atom. The molecule has 4 fully saturated rings. The van der Waals surface area contributed by atoms with Crippen LogP contribution in [0.5, 0.6) is 0 Å². The Hall–Kier alpha value is -1.46. The van der Waals surface area contributed by atoms with Crippen LogP contribution in [0.4, 0.5) is 9.59 Å². The summed E-state index contributed by atoms with van der Waals surface area (Å²) in [5.41, 5.74) is -0.349. The van der Waals surface area contributed by atoms with Gasteiger partial charge in [0.1, 0.15) is 12.2 Å². The minimum atomic E-state index is -0.489. The number of hydrogen-bond acceptors (Lipinski definition) is 5. The zero-order valence-electron chi connectivity index (χ0n) is 15.1. The van der Waals surface area contributed by atoms with Crippen molar-refractivity contribution in [2.45, 2.75) is 64.6 Å². The summed E-state index contributed by atoms with van der Waals surface area (Å²) >= 11 is 0. The van der Waals surface area contributed by atoms with Crippen LogP contribution < -0.4 is 5.32 Å². The molecule has 1 amide bonds. The molecule has 0 aromatic rings. The summed E-state index contributed by atoms with van der Waals surface area (Å²) in [6.07, 6.45) is 3.33. The molecule has 2 saturated heterocycles. The average molecular weight is 339 g/mol. The minimum absolute atomic E-state index is 0.119. The molecule has 0 aromatic heterocycles. The van der Waals surface area contributed by atoms with Crippen molar-refractivity contribution in [1.82, 2.24) is 5.32 Å². The Balaban J connectivity index is 0.000000141. The first-order valence-electron chi connectivity index (χ1n) is 9.05. The van der Waals surface area contributed by atoms with Crippen LogP contribution in [0.15, 0.2) is 0 Å². The van der Waals surface area contributed by atoms with E-state index in [-0.39, 0.29) is 17.3 Å². The number of cyclic esters (lactones) is 1. The van der Waals surface area contributed by atoms with Crippen LogP contribution in [-0.2, 0) is 14.2 Å². The predicted octanol–water partition coefficient (Wildman–Crippen LogP) is 3.49. The fourth-order valence-electron chi connectivity index (χ4n) is 4.09. The molecule has 0 radical (unpaired) electrons. The summed E-state index contributed by atoms with van der Waals surface area (Å²) in [5, 5.41) is 2.71. The molecule has 6 heteroatoms. The highest BCUT2D eigenvalue weighted by molar-refractivity contribution is 5.70. The number of hydrogen-bond donors (Lipinski definition) is 1. The van der Waals surface area contributed by atoms with Crippen molar-refractivity contribution in [2.24, 2.45) is 23.7 Å². The van der Waals surface area contributed by atoms with E-state index in [1.54, 1.807) is 0 Å². The average Bonchev–Trinajstić information content (AvgIpc) is 2.99. The third-order valence-corrected chi connectivity index (χ3v) is 6.04.